The number of halogens is 2. The summed E-state index contributed by atoms with van der Waals surface area (Å²) < 4.78 is 31.5. The monoisotopic (exact) mass is 314 g/mol. The third kappa shape index (κ3) is 2.28. The topological polar surface area (TPSA) is 116 Å². The molecule has 3 rings (SSSR count). The van der Waals surface area contributed by atoms with E-state index < -0.39 is 48.3 Å². The minimum Gasteiger partial charge on any atom is -0.394 e. The van der Waals surface area contributed by atoms with Crippen molar-refractivity contribution in [3.63, 3.8) is 0 Å². The van der Waals surface area contributed by atoms with Crippen LogP contribution < -0.4 is 5.56 Å². The normalized spacial score (nSPS) is 28.4. The Hall–Kier alpha value is -1.94. The minimum atomic E-state index is -1.44. The van der Waals surface area contributed by atoms with E-state index in [-0.39, 0.29) is 16.6 Å². The first-order valence-corrected chi connectivity index (χ1v) is 6.43. The average Bonchev–Trinajstić information content (AvgIpc) is 2.76. The molecule has 0 spiro atoms. The summed E-state index contributed by atoms with van der Waals surface area (Å²) in [5.74, 6) is -2.53. The SMILES string of the molecule is O=c1[nH]c2nc(F)c(F)cc2cc1[C@@H]1O[C@H](CO)C(O)[C@@H]1O. The van der Waals surface area contributed by atoms with Crippen LogP contribution in [0.1, 0.15) is 11.7 Å². The zero-order valence-electron chi connectivity index (χ0n) is 11.0. The number of aliphatic hydroxyl groups excluding tert-OH is 3. The Morgan fingerprint density at radius 3 is 2.64 bits per heavy atom. The first-order valence-electron chi connectivity index (χ1n) is 6.43. The summed E-state index contributed by atoms with van der Waals surface area (Å²) in [4.78, 5) is 17.6. The summed E-state index contributed by atoms with van der Waals surface area (Å²) in [5.41, 5.74) is -0.956. The number of hydrogen-bond donors (Lipinski definition) is 4. The Morgan fingerprint density at radius 1 is 1.27 bits per heavy atom. The zero-order chi connectivity index (χ0) is 16.0. The van der Waals surface area contributed by atoms with Crippen LogP contribution in [0.25, 0.3) is 11.0 Å². The lowest BCUT2D eigenvalue weighted by Gasteiger charge is -2.14. The predicted molar refractivity (Wildman–Crippen MR) is 69.0 cm³/mol. The van der Waals surface area contributed by atoms with E-state index in [4.69, 9.17) is 9.84 Å². The third-order valence-electron chi connectivity index (χ3n) is 3.62. The number of nitrogens with one attached hydrogen (secondary N) is 1. The molecule has 0 radical (unpaired) electrons. The highest BCUT2D eigenvalue weighted by atomic mass is 19.2. The highest BCUT2D eigenvalue weighted by Crippen LogP contribution is 2.32. The second-order valence-electron chi connectivity index (χ2n) is 5.01. The van der Waals surface area contributed by atoms with Crippen LogP contribution in [-0.4, -0.2) is 50.2 Å². The number of aliphatic hydroxyl groups is 3. The smallest absolute Gasteiger partial charge is 0.255 e. The number of aromatic amines is 1. The largest absolute Gasteiger partial charge is 0.394 e. The van der Waals surface area contributed by atoms with Gasteiger partial charge in [0.2, 0.25) is 0 Å². The van der Waals surface area contributed by atoms with Gasteiger partial charge < -0.3 is 25.0 Å². The number of ether oxygens (including phenoxy) is 1. The molecule has 7 nitrogen and oxygen atoms in total. The third-order valence-corrected chi connectivity index (χ3v) is 3.62. The number of H-pyrrole nitrogens is 1. The van der Waals surface area contributed by atoms with E-state index >= 15 is 0 Å². The molecule has 2 aromatic rings. The lowest BCUT2D eigenvalue weighted by atomic mass is 10.0. The number of rotatable bonds is 2. The maximum Gasteiger partial charge on any atom is 0.255 e. The Balaban J connectivity index is 2.10. The molecule has 1 aliphatic rings. The highest BCUT2D eigenvalue weighted by molar-refractivity contribution is 5.75. The minimum absolute atomic E-state index is 0.0807. The molecule has 0 saturated carbocycles. The van der Waals surface area contributed by atoms with Crippen molar-refractivity contribution in [1.82, 2.24) is 9.97 Å². The maximum atomic E-state index is 13.2. The summed E-state index contributed by atoms with van der Waals surface area (Å²) in [7, 11) is 0. The molecule has 1 fully saturated rings. The molecular formula is C13H12F2N2O5. The van der Waals surface area contributed by atoms with E-state index in [9.17, 15) is 23.8 Å². The lowest BCUT2D eigenvalue weighted by Crippen LogP contribution is -2.33. The summed E-state index contributed by atoms with van der Waals surface area (Å²) in [6, 6.07) is 2.04. The van der Waals surface area contributed by atoms with Gasteiger partial charge in [-0.05, 0) is 12.1 Å². The molecule has 0 aromatic carbocycles. The fourth-order valence-electron chi connectivity index (χ4n) is 2.47. The summed E-state index contributed by atoms with van der Waals surface area (Å²) in [6.07, 6.45) is -5.05. The summed E-state index contributed by atoms with van der Waals surface area (Å²) >= 11 is 0. The first-order chi connectivity index (χ1) is 10.4. The van der Waals surface area contributed by atoms with Crippen LogP contribution in [0, 0.1) is 11.8 Å². The molecule has 1 aliphatic heterocycles. The van der Waals surface area contributed by atoms with Gasteiger partial charge >= 0.3 is 0 Å². The van der Waals surface area contributed by atoms with Gasteiger partial charge in [-0.3, -0.25) is 4.79 Å². The van der Waals surface area contributed by atoms with Gasteiger partial charge in [-0.25, -0.2) is 4.39 Å². The van der Waals surface area contributed by atoms with Crippen LogP contribution in [0.4, 0.5) is 8.78 Å². The van der Waals surface area contributed by atoms with Crippen LogP contribution in [0.15, 0.2) is 16.9 Å². The number of nitrogens with zero attached hydrogens (tertiary/aromatic N) is 1. The lowest BCUT2D eigenvalue weighted by molar-refractivity contribution is -0.0231. The van der Waals surface area contributed by atoms with E-state index in [0.29, 0.717) is 0 Å². The molecule has 0 amide bonds. The van der Waals surface area contributed by atoms with Crippen molar-refractivity contribution in [2.75, 3.05) is 6.61 Å². The number of pyridine rings is 2. The van der Waals surface area contributed by atoms with Crippen molar-refractivity contribution < 1.29 is 28.8 Å². The van der Waals surface area contributed by atoms with Crippen LogP contribution in [-0.2, 0) is 4.74 Å². The van der Waals surface area contributed by atoms with E-state index in [1.54, 1.807) is 0 Å². The molecule has 0 aliphatic carbocycles. The fraction of sp³-hybridized carbons (Fsp3) is 0.385. The second kappa shape index (κ2) is 5.36. The predicted octanol–water partition coefficient (Wildman–Crippen LogP) is -0.645. The molecule has 3 heterocycles. The van der Waals surface area contributed by atoms with Gasteiger partial charge in [0.1, 0.15) is 30.1 Å². The molecule has 4 N–H and O–H groups in total. The molecule has 22 heavy (non-hydrogen) atoms. The van der Waals surface area contributed by atoms with Crippen LogP contribution in [0.5, 0.6) is 0 Å². The molecule has 0 bridgehead atoms. The zero-order valence-corrected chi connectivity index (χ0v) is 11.0. The first kappa shape index (κ1) is 15.0. The Morgan fingerprint density at radius 2 is 2.00 bits per heavy atom. The number of fused-ring (bicyclic) bond motifs is 1. The van der Waals surface area contributed by atoms with Crippen LogP contribution in [0.2, 0.25) is 0 Å². The fourth-order valence-corrected chi connectivity index (χ4v) is 2.47. The van der Waals surface area contributed by atoms with Crippen molar-refractivity contribution >= 4 is 11.0 Å². The van der Waals surface area contributed by atoms with E-state index in [0.717, 1.165) is 6.07 Å². The molecule has 1 unspecified atom stereocenters. The van der Waals surface area contributed by atoms with Gasteiger partial charge in [-0.1, -0.05) is 0 Å². The van der Waals surface area contributed by atoms with Gasteiger partial charge in [0.05, 0.1) is 6.61 Å². The van der Waals surface area contributed by atoms with Gasteiger partial charge in [-0.2, -0.15) is 9.37 Å². The van der Waals surface area contributed by atoms with Crippen molar-refractivity contribution in [3.05, 3.63) is 39.8 Å². The van der Waals surface area contributed by atoms with E-state index in [1.807, 2.05) is 0 Å². The molecular weight excluding hydrogens is 302 g/mol. The Bertz CT molecular complexity index is 781. The molecule has 4 atom stereocenters. The van der Waals surface area contributed by atoms with Gasteiger partial charge in [0.25, 0.3) is 11.5 Å². The Kier molecular flexibility index (Phi) is 3.65. The van der Waals surface area contributed by atoms with Crippen molar-refractivity contribution in [3.8, 4) is 0 Å². The number of aromatic nitrogens is 2. The molecule has 118 valence electrons. The summed E-state index contributed by atoms with van der Waals surface area (Å²) in [6.45, 7) is -0.540. The average molecular weight is 314 g/mol. The van der Waals surface area contributed by atoms with Crippen molar-refractivity contribution in [1.29, 1.82) is 0 Å². The van der Waals surface area contributed by atoms with Crippen molar-refractivity contribution in [2.24, 2.45) is 0 Å². The highest BCUT2D eigenvalue weighted by Gasteiger charge is 2.44. The molecule has 2 aromatic heterocycles. The van der Waals surface area contributed by atoms with Gasteiger partial charge in [0.15, 0.2) is 5.82 Å². The number of hydrogen-bond acceptors (Lipinski definition) is 6. The van der Waals surface area contributed by atoms with Crippen LogP contribution in [0.3, 0.4) is 0 Å². The van der Waals surface area contributed by atoms with Crippen molar-refractivity contribution in [2.45, 2.75) is 24.4 Å². The quantitative estimate of drug-likeness (QED) is 0.548. The van der Waals surface area contributed by atoms with Crippen LogP contribution >= 0.6 is 0 Å². The van der Waals surface area contributed by atoms with Gasteiger partial charge in [0, 0.05) is 10.9 Å². The Labute approximate surface area is 121 Å². The molecule has 9 heteroatoms. The van der Waals surface area contributed by atoms with E-state index in [1.165, 1.54) is 6.07 Å². The maximum absolute atomic E-state index is 13.2. The molecule has 1 saturated heterocycles. The summed E-state index contributed by atoms with van der Waals surface area (Å²) in [5, 5.41) is 28.8. The van der Waals surface area contributed by atoms with Gasteiger partial charge in [-0.15, -0.1) is 0 Å². The van der Waals surface area contributed by atoms with E-state index in [2.05, 4.69) is 9.97 Å². The standard InChI is InChI=1S/C13H12F2N2O5/c14-6-2-4-1-5(13(21)17-12(4)16-11(6)15)10-9(20)8(19)7(3-18)22-10/h1-2,7-10,18-20H,3H2,(H,16,17,21)/t7-,8?,9+,10+/m1/s1. The second-order valence-corrected chi connectivity index (χ2v) is 5.01.